The van der Waals surface area contributed by atoms with Crippen molar-refractivity contribution in [3.63, 3.8) is 0 Å². The number of methoxy groups -OCH3 is 1. The first kappa shape index (κ1) is 18.3. The Hall–Kier alpha value is -2.54. The Kier molecular flexibility index (Phi) is 5.46. The molecule has 1 heterocycles. The molecule has 2 amide bonds. The number of phenolic OH excluding ortho intramolecular Hbond substituents is 1. The van der Waals surface area contributed by atoms with Gasteiger partial charge in [0.05, 0.1) is 18.5 Å². The molecule has 2 N–H and O–H groups in total. The molecule has 0 saturated heterocycles. The highest BCUT2D eigenvalue weighted by Gasteiger charge is 2.33. The summed E-state index contributed by atoms with van der Waals surface area (Å²) in [6.07, 6.45) is 2.01. The van der Waals surface area contributed by atoms with E-state index in [1.54, 1.807) is 18.2 Å². The zero-order chi connectivity index (χ0) is 18.7. The first-order chi connectivity index (χ1) is 12.5. The van der Waals surface area contributed by atoms with Crippen LogP contribution in [0.4, 0.5) is 0 Å². The smallest absolute Gasteiger partial charge is 0.264 e. The maximum Gasteiger partial charge on any atom is 0.264 e. The number of carbonyl (C=O) groups excluding carboxylic acids is 2. The Bertz CT molecular complexity index is 814. The van der Waals surface area contributed by atoms with Crippen molar-refractivity contribution < 1.29 is 19.4 Å². The fourth-order valence-corrected chi connectivity index (χ4v) is 3.61. The Morgan fingerprint density at radius 1 is 1.31 bits per heavy atom. The molecule has 138 valence electrons. The molecule has 7 heteroatoms. The molecule has 0 atom stereocenters. The molecule has 2 aromatic rings. The van der Waals surface area contributed by atoms with Crippen LogP contribution < -0.4 is 10.1 Å². The highest BCUT2D eigenvalue weighted by Crippen LogP contribution is 2.33. The van der Waals surface area contributed by atoms with E-state index >= 15 is 0 Å². The van der Waals surface area contributed by atoms with Gasteiger partial charge in [0.2, 0.25) is 5.91 Å². The minimum atomic E-state index is -0.0906. The SMILES string of the molecule is COc1cc(CN(C(=O)c2ccc(CNC(C)=O)s2)C2CC2)ccc1O. The van der Waals surface area contributed by atoms with Crippen LogP contribution in [0.3, 0.4) is 0 Å². The summed E-state index contributed by atoms with van der Waals surface area (Å²) in [4.78, 5) is 27.5. The summed E-state index contributed by atoms with van der Waals surface area (Å²) in [5, 5.41) is 12.5. The largest absolute Gasteiger partial charge is 0.504 e. The normalized spacial score (nSPS) is 13.3. The van der Waals surface area contributed by atoms with Crippen LogP contribution in [0.15, 0.2) is 30.3 Å². The Morgan fingerprint density at radius 3 is 2.73 bits per heavy atom. The van der Waals surface area contributed by atoms with E-state index in [2.05, 4.69) is 5.32 Å². The van der Waals surface area contributed by atoms with Crippen molar-refractivity contribution in [2.24, 2.45) is 0 Å². The lowest BCUT2D eigenvalue weighted by Crippen LogP contribution is -2.32. The maximum absolute atomic E-state index is 13.0. The van der Waals surface area contributed by atoms with Crippen LogP contribution in [0.1, 0.15) is 39.9 Å². The van der Waals surface area contributed by atoms with Gasteiger partial charge in [-0.2, -0.15) is 0 Å². The molecule has 0 unspecified atom stereocenters. The minimum absolute atomic E-state index is 0.00128. The third-order valence-electron chi connectivity index (χ3n) is 4.23. The van der Waals surface area contributed by atoms with Crippen LogP contribution in [0.5, 0.6) is 11.5 Å². The second kappa shape index (κ2) is 7.78. The Morgan fingerprint density at radius 2 is 2.08 bits per heavy atom. The number of aromatic hydroxyl groups is 1. The number of ether oxygens (including phenoxy) is 1. The Balaban J connectivity index is 1.73. The number of amides is 2. The zero-order valence-corrected chi connectivity index (χ0v) is 15.6. The van der Waals surface area contributed by atoms with Gasteiger partial charge in [0.15, 0.2) is 11.5 Å². The summed E-state index contributed by atoms with van der Waals surface area (Å²) in [6.45, 7) is 2.38. The molecule has 6 nitrogen and oxygen atoms in total. The van der Waals surface area contributed by atoms with Crippen molar-refractivity contribution in [3.8, 4) is 11.5 Å². The van der Waals surface area contributed by atoms with E-state index < -0.39 is 0 Å². The van der Waals surface area contributed by atoms with Gasteiger partial charge in [-0.3, -0.25) is 9.59 Å². The number of rotatable bonds is 7. The predicted octanol–water partition coefficient (Wildman–Crippen LogP) is 2.90. The molecule has 1 aromatic heterocycles. The van der Waals surface area contributed by atoms with E-state index in [0.717, 1.165) is 23.3 Å². The van der Waals surface area contributed by atoms with Gasteiger partial charge in [-0.15, -0.1) is 11.3 Å². The first-order valence-corrected chi connectivity index (χ1v) is 9.29. The lowest BCUT2D eigenvalue weighted by atomic mass is 10.2. The van der Waals surface area contributed by atoms with E-state index in [0.29, 0.717) is 23.7 Å². The maximum atomic E-state index is 13.0. The third kappa shape index (κ3) is 4.35. The molecular weight excluding hydrogens is 352 g/mol. The fourth-order valence-electron chi connectivity index (χ4n) is 2.71. The van der Waals surface area contributed by atoms with E-state index in [1.807, 2.05) is 17.0 Å². The molecule has 1 aromatic carbocycles. The summed E-state index contributed by atoms with van der Waals surface area (Å²) in [5.74, 6) is 0.395. The van der Waals surface area contributed by atoms with Gasteiger partial charge in [0.1, 0.15) is 0 Å². The molecule has 1 fully saturated rings. The predicted molar refractivity (Wildman–Crippen MR) is 99.4 cm³/mol. The molecule has 0 spiro atoms. The Labute approximate surface area is 156 Å². The van der Waals surface area contributed by atoms with Crippen LogP contribution in [0.2, 0.25) is 0 Å². The van der Waals surface area contributed by atoms with Crippen molar-refractivity contribution in [2.45, 2.75) is 38.9 Å². The number of benzene rings is 1. The molecule has 1 aliphatic carbocycles. The average Bonchev–Trinajstić information content (AvgIpc) is 3.35. The molecule has 1 saturated carbocycles. The number of hydrogen-bond donors (Lipinski definition) is 2. The lowest BCUT2D eigenvalue weighted by Gasteiger charge is -2.22. The van der Waals surface area contributed by atoms with Crippen molar-refractivity contribution in [1.29, 1.82) is 0 Å². The monoisotopic (exact) mass is 374 g/mol. The van der Waals surface area contributed by atoms with E-state index in [-0.39, 0.29) is 23.6 Å². The standard InChI is InChI=1S/C19H22N2O4S/c1-12(22)20-10-15-6-8-18(26-15)19(24)21(14-4-5-14)11-13-3-7-16(23)17(9-13)25-2/h3,6-9,14,23H,4-5,10-11H2,1-2H3,(H,20,22). The van der Waals surface area contributed by atoms with Gasteiger partial charge in [0, 0.05) is 24.4 Å². The fraction of sp³-hybridized carbons (Fsp3) is 0.368. The van der Waals surface area contributed by atoms with E-state index in [1.165, 1.54) is 25.4 Å². The molecule has 26 heavy (non-hydrogen) atoms. The van der Waals surface area contributed by atoms with Crippen LogP contribution in [-0.4, -0.2) is 35.0 Å². The second-order valence-electron chi connectivity index (χ2n) is 6.35. The topological polar surface area (TPSA) is 78.9 Å². The van der Waals surface area contributed by atoms with Crippen molar-refractivity contribution >= 4 is 23.2 Å². The van der Waals surface area contributed by atoms with Gasteiger partial charge in [-0.05, 0) is 42.7 Å². The van der Waals surface area contributed by atoms with Gasteiger partial charge >= 0.3 is 0 Å². The van der Waals surface area contributed by atoms with Crippen LogP contribution in [0, 0.1) is 0 Å². The molecule has 0 radical (unpaired) electrons. The highest BCUT2D eigenvalue weighted by molar-refractivity contribution is 7.14. The third-order valence-corrected chi connectivity index (χ3v) is 5.30. The van der Waals surface area contributed by atoms with E-state index in [4.69, 9.17) is 4.74 Å². The summed E-state index contributed by atoms with van der Waals surface area (Å²) < 4.78 is 5.15. The van der Waals surface area contributed by atoms with Crippen molar-refractivity contribution in [2.75, 3.05) is 7.11 Å². The molecule has 0 aliphatic heterocycles. The van der Waals surface area contributed by atoms with E-state index in [9.17, 15) is 14.7 Å². The molecular formula is C19H22N2O4S. The lowest BCUT2D eigenvalue weighted by molar-refractivity contribution is -0.119. The number of phenols is 1. The molecule has 1 aliphatic rings. The van der Waals surface area contributed by atoms with Crippen LogP contribution >= 0.6 is 11.3 Å². The van der Waals surface area contributed by atoms with Gasteiger partial charge < -0.3 is 20.1 Å². The molecule has 3 rings (SSSR count). The summed E-state index contributed by atoms with van der Waals surface area (Å²) in [7, 11) is 1.50. The second-order valence-corrected chi connectivity index (χ2v) is 7.51. The number of hydrogen-bond acceptors (Lipinski definition) is 5. The van der Waals surface area contributed by atoms with Crippen LogP contribution in [-0.2, 0) is 17.9 Å². The van der Waals surface area contributed by atoms with Crippen LogP contribution in [0.25, 0.3) is 0 Å². The van der Waals surface area contributed by atoms with Crippen molar-refractivity contribution in [3.05, 3.63) is 45.6 Å². The highest BCUT2D eigenvalue weighted by atomic mass is 32.1. The molecule has 0 bridgehead atoms. The van der Waals surface area contributed by atoms with Gasteiger partial charge in [0.25, 0.3) is 5.91 Å². The average molecular weight is 374 g/mol. The zero-order valence-electron chi connectivity index (χ0n) is 14.8. The number of thiophene rings is 1. The number of nitrogens with zero attached hydrogens (tertiary/aromatic N) is 1. The van der Waals surface area contributed by atoms with Crippen molar-refractivity contribution in [1.82, 2.24) is 10.2 Å². The summed E-state index contributed by atoms with van der Waals surface area (Å²) in [5.41, 5.74) is 0.912. The van der Waals surface area contributed by atoms with Gasteiger partial charge in [-0.1, -0.05) is 6.07 Å². The number of carbonyl (C=O) groups is 2. The van der Waals surface area contributed by atoms with Gasteiger partial charge in [-0.25, -0.2) is 0 Å². The minimum Gasteiger partial charge on any atom is -0.504 e. The number of nitrogens with one attached hydrogen (secondary N) is 1. The first-order valence-electron chi connectivity index (χ1n) is 8.48. The quantitative estimate of drug-likeness (QED) is 0.781. The summed E-state index contributed by atoms with van der Waals surface area (Å²) in [6, 6.07) is 9.09. The summed E-state index contributed by atoms with van der Waals surface area (Å²) >= 11 is 1.41.